The van der Waals surface area contributed by atoms with Crippen molar-refractivity contribution >= 4 is 27.3 Å². The number of halogens is 1. The number of aromatic nitrogens is 1. The Kier molecular flexibility index (Phi) is 5.96. The van der Waals surface area contributed by atoms with E-state index in [1.807, 2.05) is 0 Å². The summed E-state index contributed by atoms with van der Waals surface area (Å²) in [6.45, 7) is 4.38. The highest BCUT2D eigenvalue weighted by atomic mass is 32.2. The van der Waals surface area contributed by atoms with Gasteiger partial charge in [-0.1, -0.05) is 23.4 Å². The topological polar surface area (TPSA) is 83.7 Å². The highest BCUT2D eigenvalue weighted by molar-refractivity contribution is 7.89. The molecule has 0 atom stereocenters. The molecular weight excluding hydrogens is 441 g/mol. The van der Waals surface area contributed by atoms with Crippen LogP contribution in [0.1, 0.15) is 27.5 Å². The normalized spacial score (nSPS) is 15.8. The van der Waals surface area contributed by atoms with Crippen molar-refractivity contribution in [1.29, 1.82) is 0 Å². The molecule has 0 N–H and O–H groups in total. The van der Waals surface area contributed by atoms with Crippen LogP contribution >= 0.6 is 11.3 Å². The minimum absolute atomic E-state index is 0.0973. The number of rotatable bonds is 4. The lowest BCUT2D eigenvalue weighted by atomic mass is 10.2. The first-order valence-corrected chi connectivity index (χ1v) is 12.1. The van der Waals surface area contributed by atoms with Gasteiger partial charge in [-0.25, -0.2) is 12.8 Å². The molecular formula is C21H22FN3O4S2. The predicted octanol–water partition coefficient (Wildman–Crippen LogP) is 3.70. The highest BCUT2D eigenvalue weighted by Gasteiger charge is 2.33. The Morgan fingerprint density at radius 2 is 1.87 bits per heavy atom. The van der Waals surface area contributed by atoms with Gasteiger partial charge in [-0.2, -0.15) is 4.31 Å². The highest BCUT2D eigenvalue weighted by Crippen LogP contribution is 2.31. The molecule has 1 aromatic carbocycles. The minimum Gasteiger partial charge on any atom is -0.360 e. The van der Waals surface area contributed by atoms with E-state index in [2.05, 4.69) is 5.16 Å². The van der Waals surface area contributed by atoms with Gasteiger partial charge in [-0.15, -0.1) is 11.3 Å². The monoisotopic (exact) mass is 463 g/mol. The maximum absolute atomic E-state index is 14.1. The van der Waals surface area contributed by atoms with Gasteiger partial charge in [-0.05, 0) is 38.5 Å². The minimum atomic E-state index is -3.75. The molecule has 4 rings (SSSR count). The molecule has 0 bridgehead atoms. The third kappa shape index (κ3) is 4.15. The Bertz CT molecular complexity index is 1200. The standard InChI is InChI=1S/C21H22FN3O4S2/c1-14-20(15(2)29-23-14)31(27,28)25-11-5-10-24(12-13-25)21(26)19-9-8-18(30-19)16-6-3-4-7-17(16)22/h3-4,6-9H,5,10-13H2,1-2H3. The molecule has 2 aromatic heterocycles. The zero-order valence-electron chi connectivity index (χ0n) is 17.2. The fraction of sp³-hybridized carbons (Fsp3) is 0.333. The van der Waals surface area contributed by atoms with Crippen LogP contribution in [-0.2, 0) is 10.0 Å². The van der Waals surface area contributed by atoms with Gasteiger partial charge in [0.1, 0.15) is 16.4 Å². The smallest absolute Gasteiger partial charge is 0.263 e. The third-order valence-electron chi connectivity index (χ3n) is 5.26. The molecule has 0 spiro atoms. The number of hydrogen-bond donors (Lipinski definition) is 0. The molecule has 3 heterocycles. The van der Waals surface area contributed by atoms with Gasteiger partial charge in [0, 0.05) is 36.6 Å². The number of nitrogens with zero attached hydrogens (tertiary/aromatic N) is 3. The van der Waals surface area contributed by atoms with Crippen molar-refractivity contribution in [3.05, 3.63) is 58.5 Å². The molecule has 0 radical (unpaired) electrons. The van der Waals surface area contributed by atoms with Crippen LogP contribution in [0.25, 0.3) is 10.4 Å². The summed E-state index contributed by atoms with van der Waals surface area (Å²) in [6, 6.07) is 9.87. The predicted molar refractivity (Wildman–Crippen MR) is 115 cm³/mol. The fourth-order valence-corrected chi connectivity index (χ4v) is 6.49. The summed E-state index contributed by atoms with van der Waals surface area (Å²) in [6.07, 6.45) is 0.514. The number of carbonyl (C=O) groups excluding carboxylic acids is 1. The SMILES string of the molecule is Cc1noc(C)c1S(=O)(=O)N1CCCN(C(=O)c2ccc(-c3ccccc3F)s2)CC1. The molecule has 10 heteroatoms. The first-order valence-electron chi connectivity index (χ1n) is 9.86. The number of thiophene rings is 1. The van der Waals surface area contributed by atoms with Crippen molar-refractivity contribution < 1.29 is 22.1 Å². The lowest BCUT2D eigenvalue weighted by Crippen LogP contribution is -2.37. The van der Waals surface area contributed by atoms with E-state index in [1.54, 1.807) is 49.1 Å². The first kappa shape index (κ1) is 21.7. The van der Waals surface area contributed by atoms with Crippen molar-refractivity contribution in [3.63, 3.8) is 0 Å². The van der Waals surface area contributed by atoms with Gasteiger partial charge in [-0.3, -0.25) is 4.79 Å². The van der Waals surface area contributed by atoms with Crippen molar-refractivity contribution in [2.45, 2.75) is 25.2 Å². The second-order valence-electron chi connectivity index (χ2n) is 7.35. The van der Waals surface area contributed by atoms with E-state index in [1.165, 1.54) is 21.7 Å². The molecule has 1 saturated heterocycles. The molecule has 1 aliphatic rings. The van der Waals surface area contributed by atoms with E-state index < -0.39 is 10.0 Å². The zero-order chi connectivity index (χ0) is 22.2. The molecule has 31 heavy (non-hydrogen) atoms. The van der Waals surface area contributed by atoms with E-state index >= 15 is 0 Å². The first-order chi connectivity index (χ1) is 14.8. The van der Waals surface area contributed by atoms with Crippen LogP contribution in [0.2, 0.25) is 0 Å². The number of hydrogen-bond acceptors (Lipinski definition) is 6. The summed E-state index contributed by atoms with van der Waals surface area (Å²) in [5, 5.41) is 3.75. The third-order valence-corrected chi connectivity index (χ3v) is 8.51. The molecule has 164 valence electrons. The Hall–Kier alpha value is -2.56. The number of sulfonamides is 1. The summed E-state index contributed by atoms with van der Waals surface area (Å²) in [5.41, 5.74) is 0.785. The van der Waals surface area contributed by atoms with E-state index in [-0.39, 0.29) is 35.5 Å². The number of amides is 1. The largest absolute Gasteiger partial charge is 0.360 e. The molecule has 1 fully saturated rings. The molecule has 3 aromatic rings. The zero-order valence-corrected chi connectivity index (χ0v) is 18.8. The molecule has 7 nitrogen and oxygen atoms in total. The molecule has 1 amide bonds. The Morgan fingerprint density at radius 1 is 1.10 bits per heavy atom. The summed E-state index contributed by atoms with van der Waals surface area (Å²) in [5.74, 6) is -0.253. The van der Waals surface area contributed by atoms with E-state index in [4.69, 9.17) is 4.52 Å². The van der Waals surface area contributed by atoms with E-state index in [0.29, 0.717) is 40.5 Å². The van der Waals surface area contributed by atoms with Gasteiger partial charge in [0.25, 0.3) is 5.91 Å². The summed E-state index contributed by atoms with van der Waals surface area (Å²) in [4.78, 5) is 16.0. The van der Waals surface area contributed by atoms with Crippen LogP contribution in [0.3, 0.4) is 0 Å². The molecule has 0 saturated carbocycles. The van der Waals surface area contributed by atoms with Crippen LogP contribution in [0.4, 0.5) is 4.39 Å². The molecule has 0 aliphatic carbocycles. The number of carbonyl (C=O) groups is 1. The fourth-order valence-electron chi connectivity index (χ4n) is 3.72. The van der Waals surface area contributed by atoms with Crippen LogP contribution in [-0.4, -0.2) is 54.9 Å². The van der Waals surface area contributed by atoms with Crippen molar-refractivity contribution in [1.82, 2.24) is 14.4 Å². The van der Waals surface area contributed by atoms with Crippen LogP contribution in [0, 0.1) is 19.7 Å². The molecule has 1 aliphatic heterocycles. The van der Waals surface area contributed by atoms with Gasteiger partial charge >= 0.3 is 0 Å². The van der Waals surface area contributed by atoms with Crippen molar-refractivity contribution in [2.75, 3.05) is 26.2 Å². The van der Waals surface area contributed by atoms with E-state index in [0.717, 1.165) is 0 Å². The summed E-state index contributed by atoms with van der Waals surface area (Å²) >= 11 is 1.23. The number of aryl methyl sites for hydroxylation is 2. The Balaban J connectivity index is 1.49. The lowest BCUT2D eigenvalue weighted by Gasteiger charge is -2.21. The average molecular weight is 464 g/mol. The average Bonchev–Trinajstić information content (AvgIpc) is 3.26. The van der Waals surface area contributed by atoms with E-state index in [9.17, 15) is 17.6 Å². The van der Waals surface area contributed by atoms with Crippen LogP contribution < -0.4 is 0 Å². The van der Waals surface area contributed by atoms with Crippen LogP contribution in [0.15, 0.2) is 45.8 Å². The Morgan fingerprint density at radius 3 is 2.58 bits per heavy atom. The van der Waals surface area contributed by atoms with Crippen molar-refractivity contribution in [2.24, 2.45) is 0 Å². The lowest BCUT2D eigenvalue weighted by molar-refractivity contribution is 0.0769. The Labute approximate surface area is 184 Å². The van der Waals surface area contributed by atoms with Crippen molar-refractivity contribution in [3.8, 4) is 10.4 Å². The second-order valence-corrected chi connectivity index (χ2v) is 10.3. The van der Waals surface area contributed by atoms with Gasteiger partial charge in [0.15, 0.2) is 5.76 Å². The summed E-state index contributed by atoms with van der Waals surface area (Å²) < 4.78 is 46.6. The number of benzene rings is 1. The quantitative estimate of drug-likeness (QED) is 0.589. The van der Waals surface area contributed by atoms with Gasteiger partial charge in [0.2, 0.25) is 10.0 Å². The van der Waals surface area contributed by atoms with Gasteiger partial charge < -0.3 is 9.42 Å². The maximum Gasteiger partial charge on any atom is 0.263 e. The van der Waals surface area contributed by atoms with Gasteiger partial charge in [0.05, 0.1) is 4.88 Å². The molecule has 0 unspecified atom stereocenters. The maximum atomic E-state index is 14.1. The summed E-state index contributed by atoms with van der Waals surface area (Å²) in [7, 11) is -3.75. The van der Waals surface area contributed by atoms with Crippen LogP contribution in [0.5, 0.6) is 0 Å². The second kappa shape index (κ2) is 8.52.